The molecule has 26 heavy (non-hydrogen) atoms. The van der Waals surface area contributed by atoms with Crippen LogP contribution in [0.2, 0.25) is 5.02 Å². The largest absolute Gasteiger partial charge is 0.477 e. The quantitative estimate of drug-likeness (QED) is 0.690. The van der Waals surface area contributed by atoms with Gasteiger partial charge in [0.2, 0.25) is 5.91 Å². The molecule has 0 fully saturated rings. The molecule has 8 nitrogen and oxygen atoms in total. The van der Waals surface area contributed by atoms with Gasteiger partial charge in [-0.25, -0.2) is 9.48 Å². The van der Waals surface area contributed by atoms with Gasteiger partial charge < -0.3 is 10.4 Å². The highest BCUT2D eigenvalue weighted by Crippen LogP contribution is 2.15. The van der Waals surface area contributed by atoms with E-state index in [0.29, 0.717) is 17.4 Å². The SMILES string of the molecule is Cc1cc(NC(=O)Cn2nccc2C(=O)O)nn1Cc1cccc(Cl)c1. The van der Waals surface area contributed by atoms with Crippen LogP contribution in [0.4, 0.5) is 5.82 Å². The minimum absolute atomic E-state index is 0.0529. The number of nitrogens with zero attached hydrogens (tertiary/aromatic N) is 4. The first kappa shape index (κ1) is 17.7. The lowest BCUT2D eigenvalue weighted by molar-refractivity contribution is -0.116. The normalized spacial score (nSPS) is 10.7. The van der Waals surface area contributed by atoms with Gasteiger partial charge in [0.05, 0.1) is 6.54 Å². The maximum absolute atomic E-state index is 12.1. The topological polar surface area (TPSA) is 102 Å². The Balaban J connectivity index is 1.68. The number of benzene rings is 1. The molecule has 2 heterocycles. The highest BCUT2D eigenvalue weighted by Gasteiger charge is 2.14. The number of aryl methyl sites for hydroxylation is 1. The van der Waals surface area contributed by atoms with Crippen LogP contribution in [0.1, 0.15) is 21.7 Å². The van der Waals surface area contributed by atoms with Crippen molar-refractivity contribution in [3.05, 3.63) is 64.6 Å². The Labute approximate surface area is 154 Å². The molecule has 134 valence electrons. The van der Waals surface area contributed by atoms with Crippen LogP contribution in [0, 0.1) is 6.92 Å². The molecule has 0 atom stereocenters. The summed E-state index contributed by atoms with van der Waals surface area (Å²) >= 11 is 5.99. The molecule has 2 N–H and O–H groups in total. The standard InChI is InChI=1S/C17H16ClN5O3/c1-11-7-15(21-22(11)9-12-3-2-4-13(18)8-12)20-16(24)10-23-14(17(25)26)5-6-19-23/h2-8H,9-10H2,1H3,(H,25,26)(H,20,21,24). The van der Waals surface area contributed by atoms with E-state index < -0.39 is 11.9 Å². The maximum Gasteiger partial charge on any atom is 0.354 e. The Kier molecular flexibility index (Phi) is 5.04. The molecule has 9 heteroatoms. The minimum atomic E-state index is -1.14. The van der Waals surface area contributed by atoms with Crippen molar-refractivity contribution in [3.8, 4) is 0 Å². The van der Waals surface area contributed by atoms with E-state index in [1.807, 2.05) is 25.1 Å². The number of nitrogens with one attached hydrogen (secondary N) is 1. The summed E-state index contributed by atoms with van der Waals surface area (Å²) in [5.41, 5.74) is 1.80. The van der Waals surface area contributed by atoms with Gasteiger partial charge in [-0.2, -0.15) is 10.2 Å². The lowest BCUT2D eigenvalue weighted by Gasteiger charge is -2.06. The molecule has 1 aromatic carbocycles. The fraction of sp³-hybridized carbons (Fsp3) is 0.176. The van der Waals surface area contributed by atoms with E-state index in [2.05, 4.69) is 15.5 Å². The van der Waals surface area contributed by atoms with Crippen LogP contribution in [0.15, 0.2) is 42.6 Å². The van der Waals surface area contributed by atoms with Gasteiger partial charge in [0.25, 0.3) is 0 Å². The average molecular weight is 374 g/mol. The first-order chi connectivity index (χ1) is 12.4. The molecule has 0 radical (unpaired) electrons. The molecule has 1 amide bonds. The highest BCUT2D eigenvalue weighted by atomic mass is 35.5. The van der Waals surface area contributed by atoms with E-state index in [9.17, 15) is 9.59 Å². The molecular weight excluding hydrogens is 358 g/mol. The van der Waals surface area contributed by atoms with Crippen molar-refractivity contribution in [2.75, 3.05) is 5.32 Å². The predicted molar refractivity (Wildman–Crippen MR) is 95.3 cm³/mol. The molecule has 3 aromatic rings. The summed E-state index contributed by atoms with van der Waals surface area (Å²) < 4.78 is 2.87. The van der Waals surface area contributed by atoms with Crippen LogP contribution in [0.5, 0.6) is 0 Å². The number of aromatic nitrogens is 4. The first-order valence-electron chi connectivity index (χ1n) is 7.76. The van der Waals surface area contributed by atoms with E-state index in [0.717, 1.165) is 15.9 Å². The summed E-state index contributed by atoms with van der Waals surface area (Å²) in [5, 5.41) is 20.5. The van der Waals surface area contributed by atoms with Crippen molar-refractivity contribution >= 4 is 29.3 Å². The number of hydrogen-bond acceptors (Lipinski definition) is 4. The summed E-state index contributed by atoms with van der Waals surface area (Å²) in [6, 6.07) is 10.5. The number of rotatable bonds is 6. The van der Waals surface area contributed by atoms with Gasteiger partial charge in [0.15, 0.2) is 5.82 Å². The van der Waals surface area contributed by atoms with E-state index in [4.69, 9.17) is 16.7 Å². The van der Waals surface area contributed by atoms with Gasteiger partial charge in [0, 0.05) is 23.0 Å². The molecule has 0 aliphatic rings. The van der Waals surface area contributed by atoms with Crippen molar-refractivity contribution < 1.29 is 14.7 Å². The second-order valence-electron chi connectivity index (χ2n) is 5.69. The number of aromatic carboxylic acids is 1. The zero-order valence-corrected chi connectivity index (χ0v) is 14.6. The number of hydrogen-bond donors (Lipinski definition) is 2. The molecule has 0 aliphatic carbocycles. The molecule has 0 aliphatic heterocycles. The van der Waals surface area contributed by atoms with Crippen molar-refractivity contribution in [2.24, 2.45) is 0 Å². The van der Waals surface area contributed by atoms with Crippen molar-refractivity contribution in [1.82, 2.24) is 19.6 Å². The number of carbonyl (C=O) groups is 2. The summed E-state index contributed by atoms with van der Waals surface area (Å²) in [4.78, 5) is 23.2. The van der Waals surface area contributed by atoms with Crippen LogP contribution in [0.25, 0.3) is 0 Å². The number of anilines is 1. The second kappa shape index (κ2) is 7.40. The van der Waals surface area contributed by atoms with Gasteiger partial charge in [-0.05, 0) is 30.7 Å². The first-order valence-corrected chi connectivity index (χ1v) is 8.14. The minimum Gasteiger partial charge on any atom is -0.477 e. The third-order valence-corrected chi connectivity index (χ3v) is 3.93. The zero-order chi connectivity index (χ0) is 18.7. The summed E-state index contributed by atoms with van der Waals surface area (Å²) in [6.45, 7) is 2.18. The Morgan fingerprint density at radius 1 is 1.23 bits per heavy atom. The highest BCUT2D eigenvalue weighted by molar-refractivity contribution is 6.30. The molecular formula is C17H16ClN5O3. The Morgan fingerprint density at radius 2 is 2.04 bits per heavy atom. The summed E-state index contributed by atoms with van der Waals surface area (Å²) in [7, 11) is 0. The van der Waals surface area contributed by atoms with E-state index in [1.54, 1.807) is 16.8 Å². The van der Waals surface area contributed by atoms with E-state index >= 15 is 0 Å². The molecule has 0 bridgehead atoms. The summed E-state index contributed by atoms with van der Waals surface area (Å²) in [5.74, 6) is -1.17. The fourth-order valence-corrected chi connectivity index (χ4v) is 2.71. The monoisotopic (exact) mass is 373 g/mol. The number of amides is 1. The van der Waals surface area contributed by atoms with Crippen molar-refractivity contribution in [2.45, 2.75) is 20.0 Å². The van der Waals surface area contributed by atoms with Crippen LogP contribution in [-0.4, -0.2) is 36.5 Å². The second-order valence-corrected chi connectivity index (χ2v) is 6.12. The summed E-state index contributed by atoms with van der Waals surface area (Å²) in [6.07, 6.45) is 1.33. The average Bonchev–Trinajstić information content (AvgIpc) is 3.14. The molecule has 0 unspecified atom stereocenters. The van der Waals surface area contributed by atoms with Crippen molar-refractivity contribution in [3.63, 3.8) is 0 Å². The zero-order valence-electron chi connectivity index (χ0n) is 13.9. The van der Waals surface area contributed by atoms with E-state index in [-0.39, 0.29) is 12.2 Å². The predicted octanol–water partition coefficient (Wildman–Crippen LogP) is 2.43. The lowest BCUT2D eigenvalue weighted by atomic mass is 10.2. The Morgan fingerprint density at radius 3 is 2.77 bits per heavy atom. The number of carboxylic acid groups (broad SMARTS) is 1. The van der Waals surface area contributed by atoms with Crippen LogP contribution < -0.4 is 5.32 Å². The molecule has 0 saturated carbocycles. The third-order valence-electron chi connectivity index (χ3n) is 3.70. The van der Waals surface area contributed by atoms with Gasteiger partial charge in [-0.15, -0.1) is 0 Å². The molecule has 0 spiro atoms. The van der Waals surface area contributed by atoms with Gasteiger partial charge >= 0.3 is 5.97 Å². The number of carboxylic acids is 1. The molecule has 3 rings (SSSR count). The Hall–Kier alpha value is -3.13. The number of halogens is 1. The van der Waals surface area contributed by atoms with Gasteiger partial charge in [-0.3, -0.25) is 9.48 Å². The van der Waals surface area contributed by atoms with Crippen LogP contribution >= 0.6 is 11.6 Å². The van der Waals surface area contributed by atoms with Gasteiger partial charge in [-0.1, -0.05) is 23.7 Å². The third kappa shape index (κ3) is 4.09. The molecule has 0 saturated heterocycles. The smallest absolute Gasteiger partial charge is 0.354 e. The van der Waals surface area contributed by atoms with Gasteiger partial charge in [0.1, 0.15) is 12.2 Å². The number of carbonyl (C=O) groups excluding carboxylic acids is 1. The Bertz CT molecular complexity index is 963. The van der Waals surface area contributed by atoms with E-state index in [1.165, 1.54) is 12.3 Å². The van der Waals surface area contributed by atoms with Crippen molar-refractivity contribution in [1.29, 1.82) is 0 Å². The molecule has 2 aromatic heterocycles. The maximum atomic E-state index is 12.1. The van der Waals surface area contributed by atoms with Crippen LogP contribution in [-0.2, 0) is 17.9 Å². The van der Waals surface area contributed by atoms with Crippen LogP contribution in [0.3, 0.4) is 0 Å². The fourth-order valence-electron chi connectivity index (χ4n) is 2.50. The lowest BCUT2D eigenvalue weighted by Crippen LogP contribution is -2.22.